The summed E-state index contributed by atoms with van der Waals surface area (Å²) in [7, 11) is 1.34. The van der Waals surface area contributed by atoms with Crippen LogP contribution in [0, 0.1) is 6.92 Å². The molecule has 0 aliphatic rings. The van der Waals surface area contributed by atoms with Crippen molar-refractivity contribution in [2.75, 3.05) is 19.0 Å². The highest BCUT2D eigenvalue weighted by Gasteiger charge is 2.03. The van der Waals surface area contributed by atoms with Crippen LogP contribution in [0.25, 0.3) is 11.1 Å². The Hall–Kier alpha value is -2.43. The average molecular weight is 257 g/mol. The van der Waals surface area contributed by atoms with Crippen LogP contribution in [0.2, 0.25) is 0 Å². The second-order valence-electron chi connectivity index (χ2n) is 4.09. The number of ether oxygens (including phenoxy) is 1. The maximum Gasteiger partial charge on any atom is 0.325 e. The van der Waals surface area contributed by atoms with Gasteiger partial charge in [-0.15, -0.1) is 0 Å². The largest absolute Gasteiger partial charge is 0.468 e. The van der Waals surface area contributed by atoms with Crippen LogP contribution in [-0.4, -0.2) is 29.6 Å². The van der Waals surface area contributed by atoms with E-state index in [9.17, 15) is 4.79 Å². The molecule has 5 nitrogen and oxygen atoms in total. The van der Waals surface area contributed by atoms with Gasteiger partial charge in [-0.25, -0.2) is 9.97 Å². The molecule has 1 aromatic carbocycles. The maximum absolute atomic E-state index is 11.0. The van der Waals surface area contributed by atoms with Crippen LogP contribution in [0.5, 0.6) is 0 Å². The lowest BCUT2D eigenvalue weighted by Gasteiger charge is -2.05. The zero-order chi connectivity index (χ0) is 13.7. The molecule has 19 heavy (non-hydrogen) atoms. The number of nitrogens with one attached hydrogen (secondary N) is 1. The zero-order valence-corrected chi connectivity index (χ0v) is 10.9. The standard InChI is InChI=1S/C14H15N3O2/c1-10-3-5-11(6-4-10)12-7-15-14(16-8-12)17-9-13(18)19-2/h3-8H,9H2,1-2H3,(H,15,16,17). The summed E-state index contributed by atoms with van der Waals surface area (Å²) >= 11 is 0. The van der Waals surface area contributed by atoms with Gasteiger partial charge in [0.1, 0.15) is 6.54 Å². The summed E-state index contributed by atoms with van der Waals surface area (Å²) in [5.41, 5.74) is 3.20. The number of anilines is 1. The smallest absolute Gasteiger partial charge is 0.325 e. The minimum Gasteiger partial charge on any atom is -0.468 e. The molecule has 0 saturated heterocycles. The first-order valence-corrected chi connectivity index (χ1v) is 5.89. The molecule has 0 spiro atoms. The number of nitrogens with zero attached hydrogens (tertiary/aromatic N) is 2. The highest BCUT2D eigenvalue weighted by Crippen LogP contribution is 2.18. The predicted octanol–water partition coefficient (Wildman–Crippen LogP) is 2.04. The molecule has 0 saturated carbocycles. The molecule has 0 amide bonds. The van der Waals surface area contributed by atoms with Gasteiger partial charge in [0, 0.05) is 18.0 Å². The van der Waals surface area contributed by atoms with Crippen LogP contribution >= 0.6 is 0 Å². The van der Waals surface area contributed by atoms with Gasteiger partial charge in [0.25, 0.3) is 0 Å². The first-order valence-electron chi connectivity index (χ1n) is 5.89. The third-order valence-electron chi connectivity index (χ3n) is 2.66. The fourth-order valence-electron chi connectivity index (χ4n) is 1.54. The molecule has 5 heteroatoms. The first-order chi connectivity index (χ1) is 9.19. The van der Waals surface area contributed by atoms with E-state index < -0.39 is 0 Å². The lowest BCUT2D eigenvalue weighted by Crippen LogP contribution is -2.16. The number of hydrogen-bond donors (Lipinski definition) is 1. The molecule has 0 bridgehead atoms. The molecule has 98 valence electrons. The number of aryl methyl sites for hydroxylation is 1. The fourth-order valence-corrected chi connectivity index (χ4v) is 1.54. The maximum atomic E-state index is 11.0. The SMILES string of the molecule is COC(=O)CNc1ncc(-c2ccc(C)cc2)cn1. The van der Waals surface area contributed by atoms with Crippen molar-refractivity contribution in [2.45, 2.75) is 6.92 Å². The summed E-state index contributed by atoms with van der Waals surface area (Å²) in [5.74, 6) is 0.0486. The van der Waals surface area contributed by atoms with Gasteiger partial charge >= 0.3 is 5.97 Å². The number of aromatic nitrogens is 2. The second kappa shape index (κ2) is 5.95. The lowest BCUT2D eigenvalue weighted by molar-refractivity contribution is -0.138. The summed E-state index contributed by atoms with van der Waals surface area (Å²) < 4.78 is 4.52. The number of carbonyl (C=O) groups excluding carboxylic acids is 1. The van der Waals surface area contributed by atoms with Crippen LogP contribution in [0.4, 0.5) is 5.95 Å². The van der Waals surface area contributed by atoms with Crippen molar-refractivity contribution >= 4 is 11.9 Å². The van der Waals surface area contributed by atoms with Crippen molar-refractivity contribution < 1.29 is 9.53 Å². The molecule has 0 aliphatic carbocycles. The molecule has 0 atom stereocenters. The monoisotopic (exact) mass is 257 g/mol. The van der Waals surface area contributed by atoms with Crippen molar-refractivity contribution in [2.24, 2.45) is 0 Å². The Balaban J connectivity index is 2.06. The average Bonchev–Trinajstić information content (AvgIpc) is 2.46. The molecule has 2 aromatic rings. The van der Waals surface area contributed by atoms with Gasteiger partial charge in [-0.05, 0) is 12.5 Å². The second-order valence-corrected chi connectivity index (χ2v) is 4.09. The lowest BCUT2D eigenvalue weighted by atomic mass is 10.1. The van der Waals surface area contributed by atoms with E-state index in [0.717, 1.165) is 11.1 Å². The fraction of sp³-hybridized carbons (Fsp3) is 0.214. The quantitative estimate of drug-likeness (QED) is 0.849. The molecule has 0 unspecified atom stereocenters. The molecule has 1 heterocycles. The summed E-state index contributed by atoms with van der Waals surface area (Å²) in [5, 5.41) is 2.79. The Labute approximate surface area is 111 Å². The molecule has 2 rings (SSSR count). The van der Waals surface area contributed by atoms with E-state index in [2.05, 4.69) is 20.0 Å². The van der Waals surface area contributed by atoms with Gasteiger partial charge < -0.3 is 10.1 Å². The Kier molecular flexibility index (Phi) is 4.07. The molecule has 1 aromatic heterocycles. The topological polar surface area (TPSA) is 64.1 Å². The summed E-state index contributed by atoms with van der Waals surface area (Å²) in [6, 6.07) is 8.13. The van der Waals surface area contributed by atoms with E-state index >= 15 is 0 Å². The van der Waals surface area contributed by atoms with Gasteiger partial charge in [0.05, 0.1) is 7.11 Å². The third-order valence-corrected chi connectivity index (χ3v) is 2.66. The number of methoxy groups -OCH3 is 1. The van der Waals surface area contributed by atoms with Crippen molar-refractivity contribution in [3.05, 3.63) is 42.2 Å². The normalized spacial score (nSPS) is 10.0. The highest BCUT2D eigenvalue weighted by atomic mass is 16.5. The van der Waals surface area contributed by atoms with Gasteiger partial charge in [-0.3, -0.25) is 4.79 Å². The third kappa shape index (κ3) is 3.51. The Bertz CT molecular complexity index is 550. The van der Waals surface area contributed by atoms with Crippen molar-refractivity contribution in [3.63, 3.8) is 0 Å². The van der Waals surface area contributed by atoms with Crippen LogP contribution in [0.15, 0.2) is 36.7 Å². The summed E-state index contributed by atoms with van der Waals surface area (Å²) in [4.78, 5) is 19.3. The van der Waals surface area contributed by atoms with E-state index in [1.807, 2.05) is 31.2 Å². The number of rotatable bonds is 4. The van der Waals surface area contributed by atoms with Crippen LogP contribution < -0.4 is 5.32 Å². The first kappa shape index (κ1) is 13.0. The van der Waals surface area contributed by atoms with Crippen LogP contribution in [0.3, 0.4) is 0 Å². The number of hydrogen-bond acceptors (Lipinski definition) is 5. The van der Waals surface area contributed by atoms with Gasteiger partial charge in [0.2, 0.25) is 5.95 Å². The minimum atomic E-state index is -0.355. The number of benzene rings is 1. The van der Waals surface area contributed by atoms with E-state index in [-0.39, 0.29) is 12.5 Å². The van der Waals surface area contributed by atoms with Gasteiger partial charge in [-0.1, -0.05) is 29.8 Å². The van der Waals surface area contributed by atoms with Crippen molar-refractivity contribution in [3.8, 4) is 11.1 Å². The number of esters is 1. The van der Waals surface area contributed by atoms with E-state index in [1.54, 1.807) is 12.4 Å². The summed E-state index contributed by atoms with van der Waals surface area (Å²) in [6.45, 7) is 2.10. The van der Waals surface area contributed by atoms with Crippen LogP contribution in [0.1, 0.15) is 5.56 Å². The Morgan fingerprint density at radius 3 is 2.37 bits per heavy atom. The van der Waals surface area contributed by atoms with Crippen molar-refractivity contribution in [1.29, 1.82) is 0 Å². The molecule has 0 aliphatic heterocycles. The molecule has 0 fully saturated rings. The Morgan fingerprint density at radius 1 is 1.16 bits per heavy atom. The van der Waals surface area contributed by atoms with Crippen molar-refractivity contribution in [1.82, 2.24) is 9.97 Å². The predicted molar refractivity (Wildman–Crippen MR) is 72.7 cm³/mol. The van der Waals surface area contributed by atoms with E-state index in [4.69, 9.17) is 0 Å². The number of carbonyl (C=O) groups is 1. The van der Waals surface area contributed by atoms with Gasteiger partial charge in [-0.2, -0.15) is 0 Å². The minimum absolute atomic E-state index is 0.0559. The van der Waals surface area contributed by atoms with Crippen LogP contribution in [-0.2, 0) is 9.53 Å². The highest BCUT2D eigenvalue weighted by molar-refractivity contribution is 5.74. The van der Waals surface area contributed by atoms with E-state index in [0.29, 0.717) is 5.95 Å². The molecular weight excluding hydrogens is 242 g/mol. The van der Waals surface area contributed by atoms with Gasteiger partial charge in [0.15, 0.2) is 0 Å². The van der Waals surface area contributed by atoms with E-state index in [1.165, 1.54) is 12.7 Å². The molecular formula is C14H15N3O2. The molecule has 0 radical (unpaired) electrons. The zero-order valence-electron chi connectivity index (χ0n) is 10.9. The summed E-state index contributed by atoms with van der Waals surface area (Å²) in [6.07, 6.45) is 3.44. The Morgan fingerprint density at radius 2 is 1.79 bits per heavy atom. The molecule has 1 N–H and O–H groups in total.